The lowest BCUT2D eigenvalue weighted by molar-refractivity contribution is 0.0899. The molecular weight excluding hydrogens is 215 g/mol. The summed E-state index contributed by atoms with van der Waals surface area (Å²) < 4.78 is 13.1. The summed E-state index contributed by atoms with van der Waals surface area (Å²) in [6, 6.07) is 4.31. The van der Waals surface area contributed by atoms with Gasteiger partial charge in [0.25, 0.3) is 0 Å². The van der Waals surface area contributed by atoms with Crippen LogP contribution in [0, 0.1) is 17.7 Å². The molecule has 1 aromatic carbocycles. The van der Waals surface area contributed by atoms with Gasteiger partial charge in [0.2, 0.25) is 0 Å². The normalized spacial score (nSPS) is 12.9. The molecule has 0 aromatic heterocycles. The molecule has 1 unspecified atom stereocenters. The second kappa shape index (κ2) is 4.75. The van der Waals surface area contributed by atoms with Crippen LogP contribution < -0.4 is 0 Å². The van der Waals surface area contributed by atoms with E-state index in [4.69, 9.17) is 11.6 Å². The highest BCUT2D eigenvalue weighted by molar-refractivity contribution is 6.34. The summed E-state index contributed by atoms with van der Waals surface area (Å²) in [5.41, 5.74) is 0.276. The largest absolute Gasteiger partial charge is 0.294 e. The van der Waals surface area contributed by atoms with E-state index in [0.717, 1.165) is 0 Å². The average molecular weight is 229 g/mol. The molecule has 0 heterocycles. The number of carbonyl (C=O) groups excluding carboxylic acids is 1. The maximum absolute atomic E-state index is 13.1. The molecule has 1 rings (SSSR count). The predicted molar refractivity (Wildman–Crippen MR) is 59.7 cm³/mol. The molecule has 3 heteroatoms. The molecule has 0 saturated heterocycles. The summed E-state index contributed by atoms with van der Waals surface area (Å²) >= 11 is 5.74. The monoisotopic (exact) mass is 228 g/mol. The highest BCUT2D eigenvalue weighted by atomic mass is 35.5. The van der Waals surface area contributed by atoms with E-state index in [1.165, 1.54) is 12.1 Å². The van der Waals surface area contributed by atoms with Crippen LogP contribution in [0.1, 0.15) is 31.1 Å². The molecule has 0 spiro atoms. The van der Waals surface area contributed by atoms with Gasteiger partial charge in [-0.2, -0.15) is 0 Å². The maximum atomic E-state index is 13.1. The van der Waals surface area contributed by atoms with Crippen molar-refractivity contribution in [3.8, 4) is 0 Å². The van der Waals surface area contributed by atoms with Crippen molar-refractivity contribution >= 4 is 17.4 Å². The van der Waals surface area contributed by atoms with E-state index in [0.29, 0.717) is 0 Å². The second-order valence-corrected chi connectivity index (χ2v) is 4.38. The fraction of sp³-hybridized carbons (Fsp3) is 0.417. The van der Waals surface area contributed by atoms with Crippen LogP contribution in [0.5, 0.6) is 0 Å². The number of rotatable bonds is 3. The Morgan fingerprint density at radius 3 is 2.47 bits per heavy atom. The molecule has 0 aliphatic carbocycles. The number of hydrogen-bond donors (Lipinski definition) is 0. The summed E-state index contributed by atoms with van der Waals surface area (Å²) in [4.78, 5) is 11.9. The van der Waals surface area contributed by atoms with Crippen molar-refractivity contribution in [3.05, 3.63) is 34.6 Å². The summed E-state index contributed by atoms with van der Waals surface area (Å²) in [6.07, 6.45) is 0. The van der Waals surface area contributed by atoms with Gasteiger partial charge in [-0.25, -0.2) is 4.39 Å². The topological polar surface area (TPSA) is 17.1 Å². The van der Waals surface area contributed by atoms with Crippen molar-refractivity contribution in [3.63, 3.8) is 0 Å². The molecule has 1 atom stereocenters. The van der Waals surface area contributed by atoms with E-state index >= 15 is 0 Å². The number of hydrogen-bond acceptors (Lipinski definition) is 1. The van der Waals surface area contributed by atoms with Crippen LogP contribution in [0.4, 0.5) is 4.39 Å². The Balaban J connectivity index is 3.07. The van der Waals surface area contributed by atoms with Crippen molar-refractivity contribution in [1.82, 2.24) is 0 Å². The standard InChI is InChI=1S/C12H14ClFO/c1-7(2)8(3)12(15)9-5-4-6-10(14)11(9)13/h4-8H,1-3H3. The lowest BCUT2D eigenvalue weighted by atomic mass is 9.90. The fourth-order valence-corrected chi connectivity index (χ4v) is 1.46. The Kier molecular flexibility index (Phi) is 3.86. The molecule has 0 N–H and O–H groups in total. The summed E-state index contributed by atoms with van der Waals surface area (Å²) in [6.45, 7) is 5.74. The van der Waals surface area contributed by atoms with E-state index in [1.807, 2.05) is 20.8 Å². The Morgan fingerprint density at radius 1 is 1.33 bits per heavy atom. The van der Waals surface area contributed by atoms with Crippen LogP contribution in [0.15, 0.2) is 18.2 Å². The minimum absolute atomic E-state index is 0.0741. The van der Waals surface area contributed by atoms with Crippen LogP contribution in [0.25, 0.3) is 0 Å². The first kappa shape index (κ1) is 12.2. The number of Topliss-reactive ketones (excluding diaryl/α,β-unsaturated/α-hetero) is 1. The molecule has 0 amide bonds. The highest BCUT2D eigenvalue weighted by Crippen LogP contribution is 2.24. The Bertz CT molecular complexity index is 374. The van der Waals surface area contributed by atoms with Gasteiger partial charge < -0.3 is 0 Å². The SMILES string of the molecule is CC(C)C(C)C(=O)c1cccc(F)c1Cl. The third kappa shape index (κ3) is 2.57. The Morgan fingerprint density at radius 2 is 1.93 bits per heavy atom. The minimum atomic E-state index is -0.543. The fourth-order valence-electron chi connectivity index (χ4n) is 1.24. The molecule has 0 bridgehead atoms. The van der Waals surface area contributed by atoms with Crippen molar-refractivity contribution in [2.75, 3.05) is 0 Å². The van der Waals surface area contributed by atoms with E-state index in [2.05, 4.69) is 0 Å². The minimum Gasteiger partial charge on any atom is -0.294 e. The van der Waals surface area contributed by atoms with Gasteiger partial charge >= 0.3 is 0 Å². The molecule has 1 nitrogen and oxygen atoms in total. The molecule has 0 aliphatic heterocycles. The van der Waals surface area contributed by atoms with Crippen LogP contribution in [-0.2, 0) is 0 Å². The average Bonchev–Trinajstić information content (AvgIpc) is 2.20. The molecule has 0 saturated carbocycles. The van der Waals surface area contributed by atoms with Crippen LogP contribution in [-0.4, -0.2) is 5.78 Å². The molecule has 0 fully saturated rings. The van der Waals surface area contributed by atoms with Gasteiger partial charge in [0, 0.05) is 11.5 Å². The summed E-state index contributed by atoms with van der Waals surface area (Å²) in [5.74, 6) is -0.575. The lowest BCUT2D eigenvalue weighted by Gasteiger charge is -2.14. The zero-order valence-corrected chi connectivity index (χ0v) is 9.81. The molecule has 0 radical (unpaired) electrons. The summed E-state index contributed by atoms with van der Waals surface area (Å²) in [7, 11) is 0. The van der Waals surface area contributed by atoms with Gasteiger partial charge in [0.15, 0.2) is 5.78 Å². The van der Waals surface area contributed by atoms with Gasteiger partial charge in [-0.1, -0.05) is 38.4 Å². The Hall–Kier alpha value is -0.890. The smallest absolute Gasteiger partial charge is 0.167 e. The maximum Gasteiger partial charge on any atom is 0.167 e. The zero-order valence-electron chi connectivity index (χ0n) is 9.05. The summed E-state index contributed by atoms with van der Waals surface area (Å²) in [5, 5.41) is -0.0741. The molecule has 82 valence electrons. The first-order valence-electron chi connectivity index (χ1n) is 4.93. The third-order valence-electron chi connectivity index (χ3n) is 2.63. The van der Waals surface area contributed by atoms with Gasteiger partial charge in [-0.3, -0.25) is 4.79 Å². The van der Waals surface area contributed by atoms with E-state index in [9.17, 15) is 9.18 Å². The lowest BCUT2D eigenvalue weighted by Crippen LogP contribution is -2.17. The van der Waals surface area contributed by atoms with Crippen molar-refractivity contribution in [2.24, 2.45) is 11.8 Å². The van der Waals surface area contributed by atoms with E-state index in [-0.39, 0.29) is 28.2 Å². The van der Waals surface area contributed by atoms with Gasteiger partial charge in [-0.15, -0.1) is 0 Å². The van der Waals surface area contributed by atoms with Gasteiger partial charge in [0.05, 0.1) is 5.02 Å². The van der Waals surface area contributed by atoms with Crippen molar-refractivity contribution in [1.29, 1.82) is 0 Å². The first-order chi connectivity index (χ1) is 6.95. The van der Waals surface area contributed by atoms with Crippen LogP contribution >= 0.6 is 11.6 Å². The molecule has 1 aromatic rings. The third-order valence-corrected chi connectivity index (χ3v) is 3.01. The molecule has 15 heavy (non-hydrogen) atoms. The van der Waals surface area contributed by atoms with Gasteiger partial charge in [0.1, 0.15) is 5.82 Å². The number of ketones is 1. The molecular formula is C12H14ClFO. The van der Waals surface area contributed by atoms with E-state index < -0.39 is 5.82 Å². The predicted octanol–water partition coefficient (Wildman–Crippen LogP) is 3.95. The Labute approximate surface area is 94.3 Å². The second-order valence-electron chi connectivity index (χ2n) is 4.00. The number of carbonyl (C=O) groups is 1. The van der Waals surface area contributed by atoms with Crippen molar-refractivity contribution < 1.29 is 9.18 Å². The highest BCUT2D eigenvalue weighted by Gasteiger charge is 2.21. The quantitative estimate of drug-likeness (QED) is 0.716. The van der Waals surface area contributed by atoms with Crippen LogP contribution in [0.3, 0.4) is 0 Å². The zero-order chi connectivity index (χ0) is 11.6. The van der Waals surface area contributed by atoms with Crippen LogP contribution in [0.2, 0.25) is 5.02 Å². The number of halogens is 2. The first-order valence-corrected chi connectivity index (χ1v) is 5.31. The van der Waals surface area contributed by atoms with Crippen molar-refractivity contribution in [2.45, 2.75) is 20.8 Å². The molecule has 0 aliphatic rings. The number of benzene rings is 1. The van der Waals surface area contributed by atoms with Gasteiger partial charge in [-0.05, 0) is 18.1 Å². The van der Waals surface area contributed by atoms with E-state index in [1.54, 1.807) is 6.07 Å².